The Morgan fingerprint density at radius 3 is 2.18 bits per heavy atom. The quantitative estimate of drug-likeness (QED) is 0.314. The molecule has 3 amide bonds. The zero-order valence-corrected chi connectivity index (χ0v) is 24.0. The Morgan fingerprint density at radius 1 is 1.00 bits per heavy atom. The van der Waals surface area contributed by atoms with E-state index >= 15 is 0 Å². The van der Waals surface area contributed by atoms with Gasteiger partial charge in [-0.25, -0.2) is 4.79 Å². The van der Waals surface area contributed by atoms with E-state index in [-0.39, 0.29) is 33.5 Å². The Bertz CT molecular complexity index is 1120. The van der Waals surface area contributed by atoms with Crippen molar-refractivity contribution in [3.63, 3.8) is 0 Å². The molecule has 1 fully saturated rings. The monoisotopic (exact) mass is 561 g/mol. The zero-order chi connectivity index (χ0) is 27.9. The molecular weight excluding hydrogens is 525 g/mol. The van der Waals surface area contributed by atoms with E-state index in [1.54, 1.807) is 18.2 Å². The van der Waals surface area contributed by atoms with E-state index < -0.39 is 17.1 Å². The molecule has 1 atom stereocenters. The molecule has 9 heteroatoms. The summed E-state index contributed by atoms with van der Waals surface area (Å²) in [5.41, 5.74) is 0.845. The van der Waals surface area contributed by atoms with Crippen molar-refractivity contribution < 1.29 is 19.1 Å². The van der Waals surface area contributed by atoms with Crippen LogP contribution < -0.4 is 16.0 Å². The van der Waals surface area contributed by atoms with Crippen LogP contribution in [-0.4, -0.2) is 36.1 Å². The summed E-state index contributed by atoms with van der Waals surface area (Å²) >= 11 is 12.3. The topological polar surface area (TPSA) is 96.5 Å². The predicted octanol–water partition coefficient (Wildman–Crippen LogP) is 6.77. The third-order valence-corrected chi connectivity index (χ3v) is 7.27. The molecule has 1 aliphatic carbocycles. The molecule has 38 heavy (non-hydrogen) atoms. The Balaban J connectivity index is 1.52. The van der Waals surface area contributed by atoms with Crippen molar-refractivity contribution in [2.75, 3.05) is 11.9 Å². The highest BCUT2D eigenvalue weighted by Crippen LogP contribution is 2.41. The van der Waals surface area contributed by atoms with Crippen LogP contribution in [0.2, 0.25) is 10.0 Å². The molecular formula is C29H37Cl2N3O4. The van der Waals surface area contributed by atoms with E-state index in [1.165, 1.54) is 0 Å². The Morgan fingerprint density at radius 2 is 1.61 bits per heavy atom. The summed E-state index contributed by atoms with van der Waals surface area (Å²) in [7, 11) is 0. The maximum atomic E-state index is 13.3. The van der Waals surface area contributed by atoms with Gasteiger partial charge in [-0.2, -0.15) is 0 Å². The number of rotatable bonds is 9. The van der Waals surface area contributed by atoms with Crippen molar-refractivity contribution in [1.82, 2.24) is 10.6 Å². The number of hydrogen-bond donors (Lipinski definition) is 3. The van der Waals surface area contributed by atoms with Crippen LogP contribution in [0.3, 0.4) is 0 Å². The van der Waals surface area contributed by atoms with Crippen LogP contribution in [0.5, 0.6) is 0 Å². The molecule has 2 aromatic carbocycles. The minimum atomic E-state index is -0.560. The third-order valence-electron chi connectivity index (χ3n) is 6.64. The minimum absolute atomic E-state index is 0.0361. The summed E-state index contributed by atoms with van der Waals surface area (Å²) in [5.74, 6) is -0.342. The first-order valence-corrected chi connectivity index (χ1v) is 13.8. The Hall–Kier alpha value is -2.77. The zero-order valence-electron chi connectivity index (χ0n) is 22.5. The normalized spacial score (nSPS) is 15.4. The van der Waals surface area contributed by atoms with Gasteiger partial charge in [-0.15, -0.1) is 0 Å². The molecule has 0 spiro atoms. The number of nitrogens with one attached hydrogen (secondary N) is 3. The number of ether oxygens (including phenoxy) is 1. The predicted molar refractivity (Wildman–Crippen MR) is 152 cm³/mol. The molecule has 0 aliphatic heterocycles. The van der Waals surface area contributed by atoms with E-state index in [0.29, 0.717) is 25.1 Å². The van der Waals surface area contributed by atoms with Gasteiger partial charge in [-0.05, 0) is 83.2 Å². The van der Waals surface area contributed by atoms with Gasteiger partial charge < -0.3 is 20.7 Å². The smallest absolute Gasteiger partial charge is 0.407 e. The van der Waals surface area contributed by atoms with Crippen molar-refractivity contribution >= 4 is 46.8 Å². The molecule has 0 bridgehead atoms. The van der Waals surface area contributed by atoms with Gasteiger partial charge >= 0.3 is 6.09 Å². The van der Waals surface area contributed by atoms with Crippen LogP contribution in [0.4, 0.5) is 10.5 Å². The summed E-state index contributed by atoms with van der Waals surface area (Å²) in [6.45, 7) is 7.83. The lowest BCUT2D eigenvalue weighted by Gasteiger charge is -2.30. The lowest BCUT2D eigenvalue weighted by molar-refractivity contribution is -0.131. The van der Waals surface area contributed by atoms with Crippen molar-refractivity contribution in [3.05, 3.63) is 63.6 Å². The van der Waals surface area contributed by atoms with Gasteiger partial charge in [0.05, 0.1) is 21.0 Å². The first kappa shape index (κ1) is 29.8. The van der Waals surface area contributed by atoms with Crippen LogP contribution in [-0.2, 0) is 16.0 Å². The average molecular weight is 563 g/mol. The highest BCUT2D eigenvalue weighted by molar-refractivity contribution is 6.40. The molecule has 0 aromatic heterocycles. The lowest BCUT2D eigenvalue weighted by atomic mass is 9.81. The molecule has 7 nitrogen and oxygen atoms in total. The molecule has 3 rings (SSSR count). The van der Waals surface area contributed by atoms with E-state index in [9.17, 15) is 14.4 Å². The van der Waals surface area contributed by atoms with Crippen molar-refractivity contribution in [2.24, 2.45) is 5.41 Å². The Labute approximate surface area is 235 Å². The maximum Gasteiger partial charge on any atom is 0.407 e. The van der Waals surface area contributed by atoms with Gasteiger partial charge in [0.15, 0.2) is 0 Å². The second kappa shape index (κ2) is 12.9. The largest absolute Gasteiger partial charge is 0.444 e. The van der Waals surface area contributed by atoms with E-state index in [2.05, 4.69) is 16.0 Å². The second-order valence-corrected chi connectivity index (χ2v) is 11.8. The fourth-order valence-electron chi connectivity index (χ4n) is 4.77. The van der Waals surface area contributed by atoms with Crippen LogP contribution in [0.25, 0.3) is 0 Å². The number of hydrogen-bond acceptors (Lipinski definition) is 4. The molecule has 2 aromatic rings. The molecule has 0 saturated heterocycles. The number of carbonyl (C=O) groups excluding carboxylic acids is 3. The summed E-state index contributed by atoms with van der Waals surface area (Å²) in [6.07, 6.45) is 4.38. The van der Waals surface area contributed by atoms with E-state index in [1.807, 2.05) is 52.0 Å². The van der Waals surface area contributed by atoms with Crippen LogP contribution >= 0.6 is 23.2 Å². The fourth-order valence-corrected chi connectivity index (χ4v) is 5.34. The first-order chi connectivity index (χ1) is 17.9. The second-order valence-electron chi connectivity index (χ2n) is 11.0. The van der Waals surface area contributed by atoms with Gasteiger partial charge in [0.25, 0.3) is 5.91 Å². The highest BCUT2D eigenvalue weighted by Gasteiger charge is 2.41. The van der Waals surface area contributed by atoms with Gasteiger partial charge in [-0.3, -0.25) is 9.59 Å². The molecule has 1 saturated carbocycles. The molecule has 1 aliphatic rings. The fraction of sp³-hybridized carbons (Fsp3) is 0.483. The lowest BCUT2D eigenvalue weighted by Crippen LogP contribution is -2.45. The molecule has 3 N–H and O–H groups in total. The molecule has 1 unspecified atom stereocenters. The van der Waals surface area contributed by atoms with E-state index in [4.69, 9.17) is 27.9 Å². The van der Waals surface area contributed by atoms with Gasteiger partial charge in [0.1, 0.15) is 5.60 Å². The number of anilines is 1. The summed E-state index contributed by atoms with van der Waals surface area (Å²) in [6, 6.07) is 12.3. The number of alkyl carbamates (subject to hydrolysis) is 1. The number of carbonyl (C=O) groups is 3. The number of benzene rings is 2. The van der Waals surface area contributed by atoms with Crippen molar-refractivity contribution in [2.45, 2.75) is 77.9 Å². The summed E-state index contributed by atoms with van der Waals surface area (Å²) < 4.78 is 5.30. The highest BCUT2D eigenvalue weighted by atomic mass is 35.5. The number of halogens is 2. The van der Waals surface area contributed by atoms with Crippen molar-refractivity contribution in [1.29, 1.82) is 0 Å². The van der Waals surface area contributed by atoms with Crippen LogP contribution in [0.15, 0.2) is 42.5 Å². The van der Waals surface area contributed by atoms with Gasteiger partial charge in [0.2, 0.25) is 5.91 Å². The Kier molecular flexibility index (Phi) is 10.1. The molecule has 0 radical (unpaired) electrons. The maximum absolute atomic E-state index is 13.3. The van der Waals surface area contributed by atoms with Crippen LogP contribution in [0.1, 0.15) is 75.7 Å². The first-order valence-electron chi connectivity index (χ1n) is 13.0. The molecule has 0 heterocycles. The van der Waals surface area contributed by atoms with Gasteiger partial charge in [0, 0.05) is 18.3 Å². The van der Waals surface area contributed by atoms with E-state index in [0.717, 1.165) is 31.2 Å². The average Bonchev–Trinajstić information content (AvgIpc) is 3.29. The minimum Gasteiger partial charge on any atom is -0.444 e. The summed E-state index contributed by atoms with van der Waals surface area (Å²) in [4.78, 5) is 37.9. The van der Waals surface area contributed by atoms with Gasteiger partial charge in [-0.1, -0.05) is 54.2 Å². The molecule has 206 valence electrons. The third kappa shape index (κ3) is 8.37. The SMILES string of the molecule is CC(Cc1ccc(NC(=O)c2c(Cl)cccc2Cl)cc1)NC(=O)C1(CCNC(=O)OC(C)(C)C)CCCC1. The van der Waals surface area contributed by atoms with Crippen molar-refractivity contribution in [3.8, 4) is 0 Å². The van der Waals surface area contributed by atoms with Crippen LogP contribution in [0, 0.1) is 5.41 Å². The number of amides is 3. The standard InChI is InChI=1S/C29H37Cl2N3O4/c1-19(33-26(36)29(14-5-6-15-29)16-17-32-27(37)38-28(2,3)4)18-20-10-12-21(13-11-20)34-25(35)24-22(30)8-7-9-23(24)31/h7-13,19H,5-6,14-18H2,1-4H3,(H,32,37)(H,33,36)(H,34,35). The summed E-state index contributed by atoms with van der Waals surface area (Å²) in [5, 5.41) is 9.37.